The first-order chi connectivity index (χ1) is 9.40. The Bertz CT molecular complexity index is 554. The molecule has 0 radical (unpaired) electrons. The molecule has 0 aromatic heterocycles. The van der Waals surface area contributed by atoms with Crippen LogP contribution in [0.2, 0.25) is 0 Å². The van der Waals surface area contributed by atoms with E-state index in [0.717, 1.165) is 0 Å². The number of halogens is 2. The molecule has 0 saturated heterocycles. The van der Waals surface area contributed by atoms with Gasteiger partial charge in [0.1, 0.15) is 11.5 Å². The SMILES string of the molecule is O=[N+]([O-])c1ccc(O)cc1.O=[N+]([O-])c1ccc(O)cc1.[Cl-].[Cl-].[Zr+2]. The van der Waals surface area contributed by atoms with Gasteiger partial charge in [0.25, 0.3) is 11.4 Å². The van der Waals surface area contributed by atoms with Gasteiger partial charge in [-0.15, -0.1) is 0 Å². The van der Waals surface area contributed by atoms with Crippen LogP contribution in [0.5, 0.6) is 11.5 Å². The molecule has 0 fully saturated rings. The van der Waals surface area contributed by atoms with Gasteiger partial charge in [0.2, 0.25) is 0 Å². The molecule has 2 aromatic carbocycles. The van der Waals surface area contributed by atoms with E-state index in [1.165, 1.54) is 48.5 Å². The van der Waals surface area contributed by atoms with Gasteiger partial charge in [0, 0.05) is 24.3 Å². The van der Waals surface area contributed by atoms with Crippen LogP contribution in [-0.4, -0.2) is 20.1 Å². The van der Waals surface area contributed by atoms with Crippen molar-refractivity contribution in [2.45, 2.75) is 0 Å². The predicted molar refractivity (Wildman–Crippen MR) is 69.5 cm³/mol. The van der Waals surface area contributed by atoms with Crippen LogP contribution in [0.1, 0.15) is 0 Å². The van der Waals surface area contributed by atoms with Crippen LogP contribution < -0.4 is 24.8 Å². The maximum absolute atomic E-state index is 10.0. The second kappa shape index (κ2) is 12.8. The fourth-order valence-corrected chi connectivity index (χ4v) is 1.15. The second-order valence-electron chi connectivity index (χ2n) is 3.55. The van der Waals surface area contributed by atoms with Gasteiger partial charge < -0.3 is 35.0 Å². The zero-order valence-electron chi connectivity index (χ0n) is 11.3. The Hall–Kier alpha value is -1.70. The van der Waals surface area contributed by atoms with E-state index in [2.05, 4.69) is 0 Å². The maximum atomic E-state index is 10.0. The van der Waals surface area contributed by atoms with E-state index >= 15 is 0 Å². The molecule has 0 unspecified atom stereocenters. The Morgan fingerprint density at radius 1 is 0.652 bits per heavy atom. The molecule has 0 aliphatic rings. The van der Waals surface area contributed by atoms with Crippen molar-refractivity contribution in [1.29, 1.82) is 0 Å². The van der Waals surface area contributed by atoms with Crippen molar-refractivity contribution in [3.05, 3.63) is 68.8 Å². The first kappa shape index (κ1) is 26.2. The number of phenols is 2. The van der Waals surface area contributed by atoms with E-state index in [4.69, 9.17) is 10.2 Å². The summed E-state index contributed by atoms with van der Waals surface area (Å²) >= 11 is 0. The summed E-state index contributed by atoms with van der Waals surface area (Å²) in [6.07, 6.45) is 0. The molecule has 0 spiro atoms. The molecular weight excluding hydrogens is 430 g/mol. The average molecular weight is 440 g/mol. The Kier molecular flexibility index (Phi) is 14.6. The van der Waals surface area contributed by atoms with E-state index in [1.54, 1.807) is 0 Å². The first-order valence-corrected chi connectivity index (χ1v) is 5.27. The summed E-state index contributed by atoms with van der Waals surface area (Å²) in [4.78, 5) is 19.0. The van der Waals surface area contributed by atoms with E-state index in [1.807, 2.05) is 0 Å². The van der Waals surface area contributed by atoms with Gasteiger partial charge in [-0.05, 0) is 24.3 Å². The smallest absolute Gasteiger partial charge is 1.00 e. The van der Waals surface area contributed by atoms with Crippen molar-refractivity contribution in [2.75, 3.05) is 0 Å². The molecular formula is C12H10Cl2N2O6Zr. The molecule has 11 heteroatoms. The first-order valence-electron chi connectivity index (χ1n) is 5.27. The van der Waals surface area contributed by atoms with Gasteiger partial charge >= 0.3 is 26.2 Å². The van der Waals surface area contributed by atoms with Crippen LogP contribution in [0.25, 0.3) is 0 Å². The number of nitro benzene ring substituents is 2. The van der Waals surface area contributed by atoms with Gasteiger partial charge in [-0.3, -0.25) is 20.2 Å². The van der Waals surface area contributed by atoms with Crippen LogP contribution >= 0.6 is 0 Å². The number of hydrogen-bond acceptors (Lipinski definition) is 6. The third-order valence-electron chi connectivity index (χ3n) is 2.12. The Morgan fingerprint density at radius 2 is 0.870 bits per heavy atom. The monoisotopic (exact) mass is 438 g/mol. The molecule has 2 rings (SSSR count). The molecule has 8 nitrogen and oxygen atoms in total. The third-order valence-corrected chi connectivity index (χ3v) is 2.12. The summed E-state index contributed by atoms with van der Waals surface area (Å²) in [6, 6.07) is 10.1. The summed E-state index contributed by atoms with van der Waals surface area (Å²) in [7, 11) is 0. The second-order valence-corrected chi connectivity index (χ2v) is 3.55. The minimum atomic E-state index is -0.514. The molecule has 0 saturated carbocycles. The van der Waals surface area contributed by atoms with Crippen LogP contribution in [0.3, 0.4) is 0 Å². The van der Waals surface area contributed by atoms with Crippen molar-refractivity contribution in [3.63, 3.8) is 0 Å². The van der Waals surface area contributed by atoms with Crippen LogP contribution in [0.4, 0.5) is 11.4 Å². The van der Waals surface area contributed by atoms with Gasteiger partial charge in [0.05, 0.1) is 9.85 Å². The topological polar surface area (TPSA) is 127 Å². The van der Waals surface area contributed by atoms with Crippen molar-refractivity contribution in [2.24, 2.45) is 0 Å². The number of hydrogen-bond donors (Lipinski definition) is 2. The molecule has 0 aliphatic heterocycles. The zero-order chi connectivity index (χ0) is 15.1. The fraction of sp³-hybridized carbons (Fsp3) is 0. The van der Waals surface area contributed by atoms with Gasteiger partial charge in [-0.2, -0.15) is 0 Å². The van der Waals surface area contributed by atoms with Crippen molar-refractivity contribution in [1.82, 2.24) is 0 Å². The zero-order valence-corrected chi connectivity index (χ0v) is 15.3. The van der Waals surface area contributed by atoms with Crippen molar-refractivity contribution in [3.8, 4) is 11.5 Å². The summed E-state index contributed by atoms with van der Waals surface area (Å²) in [5, 5.41) is 37.5. The summed E-state index contributed by atoms with van der Waals surface area (Å²) < 4.78 is 0. The van der Waals surface area contributed by atoms with E-state index < -0.39 is 9.85 Å². The molecule has 23 heavy (non-hydrogen) atoms. The van der Waals surface area contributed by atoms with Crippen LogP contribution in [0, 0.1) is 20.2 Å². The normalized spacial score (nSPS) is 8.00. The number of phenolic OH excluding ortho intramolecular Hbond substituents is 2. The maximum Gasteiger partial charge on any atom is 2.00 e. The van der Waals surface area contributed by atoms with Crippen molar-refractivity contribution >= 4 is 11.4 Å². The van der Waals surface area contributed by atoms with Gasteiger partial charge in [-0.25, -0.2) is 0 Å². The number of non-ortho nitro benzene ring substituents is 2. The molecule has 122 valence electrons. The number of rotatable bonds is 2. The van der Waals surface area contributed by atoms with Crippen molar-refractivity contribution < 1.29 is 71.1 Å². The third kappa shape index (κ3) is 9.83. The number of benzene rings is 2. The summed E-state index contributed by atoms with van der Waals surface area (Å²) in [6.45, 7) is 0. The van der Waals surface area contributed by atoms with E-state index in [-0.39, 0.29) is 73.9 Å². The molecule has 0 atom stereocenters. The number of nitrogens with zero attached hydrogens (tertiary/aromatic N) is 2. The Labute approximate surface area is 162 Å². The molecule has 0 aliphatic carbocycles. The molecule has 2 aromatic rings. The minimum absolute atomic E-state index is 0. The fourth-order valence-electron chi connectivity index (χ4n) is 1.15. The quantitative estimate of drug-likeness (QED) is 0.371. The van der Waals surface area contributed by atoms with Crippen LogP contribution in [-0.2, 0) is 26.2 Å². The molecule has 0 amide bonds. The number of nitro groups is 2. The number of aromatic hydroxyl groups is 2. The largest absolute Gasteiger partial charge is 2.00 e. The Morgan fingerprint density at radius 3 is 1.04 bits per heavy atom. The average Bonchev–Trinajstić information content (AvgIpc) is 2.40. The van der Waals surface area contributed by atoms with Gasteiger partial charge in [-0.1, -0.05) is 0 Å². The van der Waals surface area contributed by atoms with E-state index in [0.29, 0.717) is 0 Å². The molecule has 0 heterocycles. The standard InChI is InChI=1S/2C6H5NO3.2ClH.Zr/c2*8-6-3-1-5(2-4-6)7(9)10;;;/h2*1-4,8H;2*1H;/q;;;;+2/p-2. The Balaban J connectivity index is -0.000000308. The van der Waals surface area contributed by atoms with Gasteiger partial charge in [0.15, 0.2) is 0 Å². The molecule has 0 bridgehead atoms. The van der Waals surface area contributed by atoms with E-state index in [9.17, 15) is 20.2 Å². The van der Waals surface area contributed by atoms with Crippen LogP contribution in [0.15, 0.2) is 48.5 Å². The summed E-state index contributed by atoms with van der Waals surface area (Å²) in [5.41, 5.74) is -0.0319. The summed E-state index contributed by atoms with van der Waals surface area (Å²) in [5.74, 6) is 0.0659. The predicted octanol–water partition coefficient (Wildman–Crippen LogP) is -3.39. The molecule has 2 N–H and O–H groups in total. The minimum Gasteiger partial charge on any atom is -1.00 e.